The number of nitrogen functional groups attached to an aromatic ring is 1. The van der Waals surface area contributed by atoms with Crippen molar-refractivity contribution in [3.8, 4) is 0 Å². The molecule has 1 aliphatic heterocycles. The Morgan fingerprint density at radius 1 is 1.06 bits per heavy atom. The highest BCUT2D eigenvalue weighted by Gasteiger charge is 2.47. The Balaban J connectivity index is 1.56. The molecule has 2 amide bonds. The molecule has 1 fully saturated rings. The minimum atomic E-state index is -0.908. The largest absolute Gasteiger partial charge is 0.465 e. The van der Waals surface area contributed by atoms with Crippen LogP contribution in [0.2, 0.25) is 0 Å². The van der Waals surface area contributed by atoms with E-state index in [1.54, 1.807) is 41.4 Å². The maximum atomic E-state index is 12.7. The second-order valence-corrected chi connectivity index (χ2v) is 9.22. The third-order valence-corrected chi connectivity index (χ3v) is 6.80. The lowest BCUT2D eigenvalue weighted by atomic mass is 9.77. The van der Waals surface area contributed by atoms with Crippen molar-refractivity contribution in [1.82, 2.24) is 9.88 Å². The van der Waals surface area contributed by atoms with E-state index < -0.39 is 11.6 Å². The number of nitrogens with one attached hydrogen (secondary N) is 1. The molecule has 8 heteroatoms. The molecule has 3 aromatic rings. The molecule has 1 aromatic heterocycles. The fourth-order valence-electron chi connectivity index (χ4n) is 4.73. The molecule has 0 unspecified atom stereocenters. The highest BCUT2D eigenvalue weighted by atomic mass is 16.4. The molecule has 0 radical (unpaired) electrons. The molecule has 2 aromatic carbocycles. The van der Waals surface area contributed by atoms with Crippen molar-refractivity contribution in [1.29, 1.82) is 0 Å². The van der Waals surface area contributed by atoms with Crippen molar-refractivity contribution >= 4 is 29.2 Å². The summed E-state index contributed by atoms with van der Waals surface area (Å²) in [6, 6.07) is 20.6. The summed E-state index contributed by atoms with van der Waals surface area (Å²) in [5.74, 6) is 0.491. The Labute approximate surface area is 205 Å². The number of hydrogen-bond acceptors (Lipinski definition) is 5. The SMILES string of the molecule is CC(C)[C@@]1(Cc2ccccc2)CN(c2ccc(C(=O)Nc3ccccc3N)cn2)CCN1C(=O)O. The number of pyridine rings is 1. The summed E-state index contributed by atoms with van der Waals surface area (Å²) in [5.41, 5.74) is 7.86. The summed E-state index contributed by atoms with van der Waals surface area (Å²) >= 11 is 0. The minimum absolute atomic E-state index is 0.0722. The van der Waals surface area contributed by atoms with Gasteiger partial charge in [-0.1, -0.05) is 56.3 Å². The van der Waals surface area contributed by atoms with Crippen molar-refractivity contribution in [2.24, 2.45) is 5.92 Å². The summed E-state index contributed by atoms with van der Waals surface area (Å²) in [6.45, 7) is 5.54. The summed E-state index contributed by atoms with van der Waals surface area (Å²) in [4.78, 5) is 33.2. The number of hydrogen-bond donors (Lipinski definition) is 3. The lowest BCUT2D eigenvalue weighted by Crippen LogP contribution is -2.67. The second-order valence-electron chi connectivity index (χ2n) is 9.22. The zero-order chi connectivity index (χ0) is 25.0. The molecule has 4 N–H and O–H groups in total. The minimum Gasteiger partial charge on any atom is -0.465 e. The van der Waals surface area contributed by atoms with Crippen molar-refractivity contribution in [3.63, 3.8) is 0 Å². The molecule has 2 heterocycles. The van der Waals surface area contributed by atoms with Crippen LogP contribution >= 0.6 is 0 Å². The first-order chi connectivity index (χ1) is 16.8. The van der Waals surface area contributed by atoms with Crippen LogP contribution in [0.25, 0.3) is 0 Å². The molecule has 8 nitrogen and oxygen atoms in total. The van der Waals surface area contributed by atoms with E-state index in [1.165, 1.54) is 0 Å². The Morgan fingerprint density at radius 2 is 1.77 bits per heavy atom. The number of carboxylic acid groups (broad SMARTS) is 1. The van der Waals surface area contributed by atoms with Crippen LogP contribution < -0.4 is 16.0 Å². The molecule has 1 aliphatic rings. The van der Waals surface area contributed by atoms with Crippen molar-refractivity contribution in [3.05, 3.63) is 84.1 Å². The topological polar surface area (TPSA) is 112 Å². The van der Waals surface area contributed by atoms with E-state index in [9.17, 15) is 14.7 Å². The quantitative estimate of drug-likeness (QED) is 0.459. The molecule has 0 bridgehead atoms. The van der Waals surface area contributed by atoms with Gasteiger partial charge in [-0.3, -0.25) is 9.69 Å². The van der Waals surface area contributed by atoms with Gasteiger partial charge in [0.05, 0.1) is 22.5 Å². The summed E-state index contributed by atoms with van der Waals surface area (Å²) in [7, 11) is 0. The molecule has 0 spiro atoms. The zero-order valence-electron chi connectivity index (χ0n) is 20.0. The van der Waals surface area contributed by atoms with Crippen molar-refractivity contribution in [2.45, 2.75) is 25.8 Å². The van der Waals surface area contributed by atoms with Crippen LogP contribution in [0.15, 0.2) is 72.9 Å². The van der Waals surface area contributed by atoms with E-state index in [4.69, 9.17) is 5.73 Å². The Morgan fingerprint density at radius 3 is 2.40 bits per heavy atom. The van der Waals surface area contributed by atoms with Crippen LogP contribution in [-0.2, 0) is 6.42 Å². The van der Waals surface area contributed by atoms with Gasteiger partial charge < -0.3 is 21.1 Å². The number of rotatable bonds is 6. The molecule has 182 valence electrons. The smallest absolute Gasteiger partial charge is 0.407 e. The summed E-state index contributed by atoms with van der Waals surface area (Å²) < 4.78 is 0. The van der Waals surface area contributed by atoms with Crippen molar-refractivity contribution < 1.29 is 14.7 Å². The predicted octanol–water partition coefficient (Wildman–Crippen LogP) is 4.35. The Kier molecular flexibility index (Phi) is 6.91. The Hall–Kier alpha value is -4.07. The Bertz CT molecular complexity index is 1180. The third-order valence-electron chi connectivity index (χ3n) is 6.80. The molecule has 1 saturated heterocycles. The number of anilines is 3. The molecular weight excluding hydrogens is 442 g/mol. The van der Waals surface area contributed by atoms with Gasteiger partial charge in [0.15, 0.2) is 0 Å². The number of carbonyl (C=O) groups excluding carboxylic acids is 1. The van der Waals surface area contributed by atoms with Gasteiger partial charge >= 0.3 is 6.09 Å². The van der Waals surface area contributed by atoms with E-state index in [0.29, 0.717) is 48.8 Å². The molecule has 4 rings (SSSR count). The number of piperazine rings is 1. The number of nitrogens with zero attached hydrogens (tertiary/aromatic N) is 3. The van der Waals surface area contributed by atoms with Gasteiger partial charge in [-0.15, -0.1) is 0 Å². The predicted molar refractivity (Wildman–Crippen MR) is 138 cm³/mol. The molecule has 0 saturated carbocycles. The highest BCUT2D eigenvalue weighted by molar-refractivity contribution is 6.05. The lowest BCUT2D eigenvalue weighted by Gasteiger charge is -2.52. The zero-order valence-corrected chi connectivity index (χ0v) is 20.0. The van der Waals surface area contributed by atoms with Crippen LogP contribution in [-0.4, -0.2) is 52.2 Å². The summed E-state index contributed by atoms with van der Waals surface area (Å²) in [6.07, 6.45) is 1.24. The van der Waals surface area contributed by atoms with Crippen LogP contribution in [0.3, 0.4) is 0 Å². The van der Waals surface area contributed by atoms with Gasteiger partial charge in [-0.2, -0.15) is 0 Å². The average molecular weight is 474 g/mol. The fraction of sp³-hybridized carbons (Fsp3) is 0.296. The summed E-state index contributed by atoms with van der Waals surface area (Å²) in [5, 5.41) is 12.8. The van der Waals surface area contributed by atoms with Gasteiger partial charge in [0.1, 0.15) is 5.82 Å². The lowest BCUT2D eigenvalue weighted by molar-refractivity contribution is 0.0358. The van der Waals surface area contributed by atoms with E-state index >= 15 is 0 Å². The van der Waals surface area contributed by atoms with E-state index in [-0.39, 0.29) is 11.8 Å². The van der Waals surface area contributed by atoms with Crippen LogP contribution in [0.4, 0.5) is 22.0 Å². The van der Waals surface area contributed by atoms with Gasteiger partial charge in [0, 0.05) is 25.8 Å². The van der Waals surface area contributed by atoms with Gasteiger partial charge in [-0.25, -0.2) is 9.78 Å². The maximum absolute atomic E-state index is 12.7. The van der Waals surface area contributed by atoms with Gasteiger partial charge in [0.25, 0.3) is 5.91 Å². The standard InChI is InChI=1S/C27H31N5O3/c1-19(2)27(16-20-8-4-3-5-9-20)18-31(14-15-32(27)26(34)35)24-13-12-21(17-29-24)25(33)30-23-11-7-6-10-22(23)28/h3-13,17,19H,14-16,18,28H2,1-2H3,(H,30,33)(H,34,35)/t27-/m1/s1. The van der Waals surface area contributed by atoms with Crippen LogP contribution in [0.1, 0.15) is 29.8 Å². The number of benzene rings is 2. The number of amides is 2. The monoisotopic (exact) mass is 473 g/mol. The first-order valence-corrected chi connectivity index (χ1v) is 11.7. The number of aromatic nitrogens is 1. The van der Waals surface area contributed by atoms with Gasteiger partial charge in [-0.05, 0) is 42.2 Å². The van der Waals surface area contributed by atoms with Crippen LogP contribution in [0, 0.1) is 5.92 Å². The molecular formula is C27H31N5O3. The number of nitrogens with two attached hydrogens (primary N) is 1. The normalized spacial score (nSPS) is 17.9. The number of carbonyl (C=O) groups is 2. The molecule has 1 atom stereocenters. The highest BCUT2D eigenvalue weighted by Crippen LogP contribution is 2.35. The fourth-order valence-corrected chi connectivity index (χ4v) is 4.73. The molecule has 0 aliphatic carbocycles. The van der Waals surface area contributed by atoms with E-state index in [0.717, 1.165) is 5.56 Å². The second kappa shape index (κ2) is 10.0. The van der Waals surface area contributed by atoms with E-state index in [1.807, 2.05) is 36.4 Å². The van der Waals surface area contributed by atoms with Crippen LogP contribution in [0.5, 0.6) is 0 Å². The third kappa shape index (κ3) is 5.06. The van der Waals surface area contributed by atoms with Gasteiger partial charge in [0.2, 0.25) is 0 Å². The maximum Gasteiger partial charge on any atom is 0.407 e. The average Bonchev–Trinajstić information content (AvgIpc) is 2.86. The van der Waals surface area contributed by atoms with E-state index in [2.05, 4.69) is 29.0 Å². The molecule has 35 heavy (non-hydrogen) atoms. The van der Waals surface area contributed by atoms with Crippen molar-refractivity contribution in [2.75, 3.05) is 35.6 Å². The number of para-hydroxylation sites is 2. The first-order valence-electron chi connectivity index (χ1n) is 11.7. The first kappa shape index (κ1) is 24.1.